The van der Waals surface area contributed by atoms with Crippen molar-refractivity contribution in [2.75, 3.05) is 20.3 Å². The van der Waals surface area contributed by atoms with Gasteiger partial charge in [0.1, 0.15) is 6.10 Å². The van der Waals surface area contributed by atoms with Gasteiger partial charge in [0, 0.05) is 13.7 Å². The summed E-state index contributed by atoms with van der Waals surface area (Å²) in [4.78, 5) is 0. The molecule has 0 aromatic heterocycles. The highest BCUT2D eigenvalue weighted by atomic mass is 35.5. The fourth-order valence-corrected chi connectivity index (χ4v) is 3.21. The van der Waals surface area contributed by atoms with Gasteiger partial charge in [0.05, 0.1) is 20.1 Å². The van der Waals surface area contributed by atoms with Crippen molar-refractivity contribution in [2.24, 2.45) is 0 Å². The Bertz CT molecular complexity index is 299. The molecule has 0 saturated heterocycles. The van der Waals surface area contributed by atoms with E-state index in [-0.39, 0.29) is 17.8 Å². The molecule has 5 heteroatoms. The van der Waals surface area contributed by atoms with Gasteiger partial charge in [-0.2, -0.15) is 0 Å². The number of halogens is 1. The first kappa shape index (κ1) is 22.1. The van der Waals surface area contributed by atoms with Crippen molar-refractivity contribution in [3.05, 3.63) is 11.8 Å². The van der Waals surface area contributed by atoms with Crippen LogP contribution in [0.4, 0.5) is 0 Å². The molecule has 0 saturated carbocycles. The second-order valence-corrected chi connectivity index (χ2v) is 12.5. The molecular weight excluding hydrogens is 316 g/mol. The van der Waals surface area contributed by atoms with Crippen molar-refractivity contribution in [1.29, 1.82) is 0 Å². The molecule has 0 N–H and O–H groups in total. The first-order valence-electron chi connectivity index (χ1n) is 8.34. The highest BCUT2D eigenvalue weighted by molar-refractivity contribution is 6.82. The van der Waals surface area contributed by atoms with Gasteiger partial charge in [0.15, 0.2) is 6.29 Å². The predicted octanol–water partition coefficient (Wildman–Crippen LogP) is 5.00. The van der Waals surface area contributed by atoms with Crippen molar-refractivity contribution in [1.82, 2.24) is 0 Å². The lowest BCUT2D eigenvalue weighted by molar-refractivity contribution is -0.181. The van der Waals surface area contributed by atoms with Crippen molar-refractivity contribution >= 4 is 19.7 Å². The molecule has 0 heterocycles. The molecule has 3 unspecified atom stereocenters. The van der Waals surface area contributed by atoms with Gasteiger partial charge >= 0.3 is 0 Å². The Kier molecular flexibility index (Phi) is 11.7. The van der Waals surface area contributed by atoms with Crippen LogP contribution in [-0.2, 0) is 14.2 Å². The van der Waals surface area contributed by atoms with Crippen LogP contribution in [0.2, 0.25) is 19.6 Å². The lowest BCUT2D eigenvalue weighted by Gasteiger charge is -2.28. The smallest absolute Gasteiger partial charge is 0.158 e. The summed E-state index contributed by atoms with van der Waals surface area (Å²) in [7, 11) is 0.389. The van der Waals surface area contributed by atoms with Crippen molar-refractivity contribution < 1.29 is 14.2 Å². The van der Waals surface area contributed by atoms with Crippen LogP contribution in [0.25, 0.3) is 0 Å². The average Bonchev–Trinajstić information content (AvgIpc) is 2.43. The van der Waals surface area contributed by atoms with Crippen LogP contribution in [0.15, 0.2) is 11.8 Å². The quantitative estimate of drug-likeness (QED) is 0.266. The van der Waals surface area contributed by atoms with Crippen LogP contribution in [0.5, 0.6) is 0 Å². The maximum absolute atomic E-state index is 6.58. The number of hydrogen-bond donors (Lipinski definition) is 0. The van der Waals surface area contributed by atoms with Crippen LogP contribution in [-0.4, -0.2) is 46.2 Å². The summed E-state index contributed by atoms with van der Waals surface area (Å²) < 4.78 is 17.0. The molecule has 0 amide bonds. The third-order valence-corrected chi connectivity index (χ3v) is 6.59. The second-order valence-electron chi connectivity index (χ2n) is 6.71. The lowest BCUT2D eigenvalue weighted by atomic mass is 10.1. The summed E-state index contributed by atoms with van der Waals surface area (Å²) in [6.07, 6.45) is 3.37. The lowest BCUT2D eigenvalue weighted by Crippen LogP contribution is -2.35. The number of alkyl halides is 1. The van der Waals surface area contributed by atoms with E-state index in [0.29, 0.717) is 13.2 Å². The van der Waals surface area contributed by atoms with E-state index in [1.807, 2.05) is 6.92 Å². The molecule has 0 bridgehead atoms. The molecule has 3 nitrogen and oxygen atoms in total. The zero-order chi connectivity index (χ0) is 17.2. The van der Waals surface area contributed by atoms with Crippen molar-refractivity contribution in [3.63, 3.8) is 0 Å². The maximum Gasteiger partial charge on any atom is 0.158 e. The molecule has 0 spiro atoms. The minimum absolute atomic E-state index is 0.0899. The number of methoxy groups -OCH3 is 1. The van der Waals surface area contributed by atoms with E-state index in [9.17, 15) is 0 Å². The summed E-state index contributed by atoms with van der Waals surface area (Å²) in [5.41, 5.74) is 0. The van der Waals surface area contributed by atoms with E-state index in [0.717, 1.165) is 25.7 Å². The third-order valence-electron chi connectivity index (χ3n) is 3.72. The van der Waals surface area contributed by atoms with E-state index in [1.54, 1.807) is 7.11 Å². The summed E-state index contributed by atoms with van der Waals surface area (Å²) in [6, 6.07) is 0. The molecule has 0 aliphatic carbocycles. The molecule has 132 valence electrons. The molecule has 0 aliphatic heterocycles. The molecule has 22 heavy (non-hydrogen) atoms. The van der Waals surface area contributed by atoms with Gasteiger partial charge < -0.3 is 14.2 Å². The van der Waals surface area contributed by atoms with Gasteiger partial charge in [-0.3, -0.25) is 0 Å². The van der Waals surface area contributed by atoms with E-state index in [4.69, 9.17) is 25.8 Å². The zero-order valence-corrected chi connectivity index (χ0v) is 17.0. The molecule has 0 aliphatic rings. The van der Waals surface area contributed by atoms with Crippen LogP contribution < -0.4 is 0 Å². The Hall–Kier alpha value is 0.127. The number of rotatable bonds is 13. The minimum atomic E-state index is -1.29. The second kappa shape index (κ2) is 11.6. The van der Waals surface area contributed by atoms with Gasteiger partial charge in [-0.15, -0.1) is 18.2 Å². The first-order valence-corrected chi connectivity index (χ1v) is 12.3. The summed E-state index contributed by atoms with van der Waals surface area (Å²) in [6.45, 7) is 16.4. The Labute approximate surface area is 143 Å². The van der Waals surface area contributed by atoms with E-state index in [1.165, 1.54) is 5.20 Å². The van der Waals surface area contributed by atoms with Crippen molar-refractivity contribution in [2.45, 2.75) is 76.9 Å². The largest absolute Gasteiger partial charge is 0.382 e. The molecule has 0 aromatic rings. The summed E-state index contributed by atoms with van der Waals surface area (Å²) in [5, 5.41) is 1.26. The predicted molar refractivity (Wildman–Crippen MR) is 98.4 cm³/mol. The van der Waals surface area contributed by atoms with E-state index >= 15 is 0 Å². The fourth-order valence-electron chi connectivity index (χ4n) is 2.07. The van der Waals surface area contributed by atoms with Crippen LogP contribution in [0.3, 0.4) is 0 Å². The van der Waals surface area contributed by atoms with Gasteiger partial charge in [-0.05, 0) is 26.2 Å². The van der Waals surface area contributed by atoms with Crippen LogP contribution in [0, 0.1) is 0 Å². The Morgan fingerprint density at radius 2 is 1.82 bits per heavy atom. The number of hydrogen-bond acceptors (Lipinski definition) is 3. The maximum atomic E-state index is 6.58. The van der Waals surface area contributed by atoms with Gasteiger partial charge in [-0.1, -0.05) is 38.2 Å². The molecule has 0 radical (unpaired) electrons. The van der Waals surface area contributed by atoms with Gasteiger partial charge in [0.25, 0.3) is 0 Å². The Morgan fingerprint density at radius 3 is 2.27 bits per heavy atom. The highest BCUT2D eigenvalue weighted by Crippen LogP contribution is 2.23. The average molecular weight is 351 g/mol. The van der Waals surface area contributed by atoms with Gasteiger partial charge in [-0.25, -0.2) is 0 Å². The molecule has 0 rings (SSSR count). The molecule has 0 fully saturated rings. The van der Waals surface area contributed by atoms with Crippen LogP contribution >= 0.6 is 11.6 Å². The first-order chi connectivity index (χ1) is 10.3. The topological polar surface area (TPSA) is 27.7 Å². The van der Waals surface area contributed by atoms with Crippen molar-refractivity contribution in [3.8, 4) is 0 Å². The van der Waals surface area contributed by atoms with Gasteiger partial charge in [0.2, 0.25) is 0 Å². The standard InChI is InChI=1S/C17H35ClO3Si/c1-8-10-17(20-9-2)21-16(13-19-4)15(18)12-11-14(3)22(5,6)7/h15-17H,3,8-13H2,1-2,4-7H3. The van der Waals surface area contributed by atoms with Crippen LogP contribution in [0.1, 0.15) is 39.5 Å². The van der Waals surface area contributed by atoms with E-state index < -0.39 is 8.07 Å². The Balaban J connectivity index is 4.54. The minimum Gasteiger partial charge on any atom is -0.382 e. The highest BCUT2D eigenvalue weighted by Gasteiger charge is 2.26. The zero-order valence-electron chi connectivity index (χ0n) is 15.3. The molecular formula is C17H35ClO3Si. The SMILES string of the molecule is C=C(CCC(Cl)C(COC)OC(CCC)OCC)[Si](C)(C)C. The monoisotopic (exact) mass is 350 g/mol. The third kappa shape index (κ3) is 9.31. The summed E-state index contributed by atoms with van der Waals surface area (Å²) in [5.74, 6) is 0. The molecule has 0 aromatic carbocycles. The summed E-state index contributed by atoms with van der Waals surface area (Å²) >= 11 is 6.58. The Morgan fingerprint density at radius 1 is 1.18 bits per heavy atom. The van der Waals surface area contributed by atoms with E-state index in [2.05, 4.69) is 33.1 Å². The molecule has 3 atom stereocenters. The number of allylic oxidation sites excluding steroid dienone is 1. The fraction of sp³-hybridized carbons (Fsp3) is 0.882. The number of ether oxygens (including phenoxy) is 3. The normalized spacial score (nSPS) is 16.3.